The molecule has 1 rings (SSSR count). The van der Waals surface area contributed by atoms with Crippen molar-refractivity contribution < 1.29 is 9.84 Å². The standard InChI is InChI=1S/C12H17BrO2/c1-2-15-8-7-11(14)9-10-5-3-4-6-12(10)13/h3-6,11,14H,2,7-9H2,1H3. The second-order valence-corrected chi connectivity index (χ2v) is 4.29. The summed E-state index contributed by atoms with van der Waals surface area (Å²) >= 11 is 3.46. The summed E-state index contributed by atoms with van der Waals surface area (Å²) in [4.78, 5) is 0. The molecule has 0 aliphatic rings. The number of halogens is 1. The van der Waals surface area contributed by atoms with E-state index in [0.717, 1.165) is 10.0 Å². The van der Waals surface area contributed by atoms with Crippen LogP contribution in [0.2, 0.25) is 0 Å². The Labute approximate surface area is 99.4 Å². The first-order chi connectivity index (χ1) is 7.24. The molecule has 0 fully saturated rings. The van der Waals surface area contributed by atoms with E-state index in [-0.39, 0.29) is 6.10 Å². The van der Waals surface area contributed by atoms with Gasteiger partial charge in [0.1, 0.15) is 0 Å². The average molecular weight is 273 g/mol. The van der Waals surface area contributed by atoms with Gasteiger partial charge in [-0.05, 0) is 31.4 Å². The Kier molecular flexibility index (Phi) is 5.91. The van der Waals surface area contributed by atoms with Crippen LogP contribution in [0, 0.1) is 0 Å². The molecule has 15 heavy (non-hydrogen) atoms. The van der Waals surface area contributed by atoms with Gasteiger partial charge in [-0.15, -0.1) is 0 Å². The number of aliphatic hydroxyl groups excluding tert-OH is 1. The lowest BCUT2D eigenvalue weighted by Crippen LogP contribution is -2.13. The molecule has 1 atom stereocenters. The lowest BCUT2D eigenvalue weighted by Gasteiger charge is -2.11. The third-order valence-corrected chi connectivity index (χ3v) is 2.99. The topological polar surface area (TPSA) is 29.5 Å². The van der Waals surface area contributed by atoms with E-state index in [9.17, 15) is 5.11 Å². The monoisotopic (exact) mass is 272 g/mol. The minimum atomic E-state index is -0.324. The molecule has 1 unspecified atom stereocenters. The lowest BCUT2D eigenvalue weighted by atomic mass is 10.1. The summed E-state index contributed by atoms with van der Waals surface area (Å²) in [5, 5.41) is 9.75. The van der Waals surface area contributed by atoms with Gasteiger partial charge in [0.2, 0.25) is 0 Å². The summed E-state index contributed by atoms with van der Waals surface area (Å²) in [6.07, 6.45) is 1.04. The first kappa shape index (κ1) is 12.7. The van der Waals surface area contributed by atoms with Crippen molar-refractivity contribution in [3.8, 4) is 0 Å². The fourth-order valence-corrected chi connectivity index (χ4v) is 1.83. The van der Waals surface area contributed by atoms with Crippen molar-refractivity contribution in [1.82, 2.24) is 0 Å². The number of benzene rings is 1. The van der Waals surface area contributed by atoms with Gasteiger partial charge in [-0.25, -0.2) is 0 Å². The van der Waals surface area contributed by atoms with Crippen molar-refractivity contribution >= 4 is 15.9 Å². The summed E-state index contributed by atoms with van der Waals surface area (Å²) in [6, 6.07) is 7.97. The van der Waals surface area contributed by atoms with E-state index in [1.54, 1.807) is 0 Å². The van der Waals surface area contributed by atoms with Crippen LogP contribution >= 0.6 is 15.9 Å². The zero-order chi connectivity index (χ0) is 11.1. The maximum absolute atomic E-state index is 9.75. The van der Waals surface area contributed by atoms with E-state index in [2.05, 4.69) is 15.9 Å². The Morgan fingerprint density at radius 2 is 2.13 bits per heavy atom. The smallest absolute Gasteiger partial charge is 0.0602 e. The van der Waals surface area contributed by atoms with Crippen LogP contribution in [0.25, 0.3) is 0 Å². The molecule has 0 spiro atoms. The van der Waals surface area contributed by atoms with Crippen molar-refractivity contribution in [2.24, 2.45) is 0 Å². The van der Waals surface area contributed by atoms with Crippen LogP contribution in [0.4, 0.5) is 0 Å². The number of aliphatic hydroxyl groups is 1. The van der Waals surface area contributed by atoms with Crippen molar-refractivity contribution in [2.75, 3.05) is 13.2 Å². The predicted molar refractivity (Wildman–Crippen MR) is 65.0 cm³/mol. The van der Waals surface area contributed by atoms with Crippen LogP contribution in [0.3, 0.4) is 0 Å². The molecule has 0 radical (unpaired) electrons. The summed E-state index contributed by atoms with van der Waals surface area (Å²) in [5.74, 6) is 0. The fraction of sp³-hybridized carbons (Fsp3) is 0.500. The van der Waals surface area contributed by atoms with Gasteiger partial charge in [-0.1, -0.05) is 34.1 Å². The van der Waals surface area contributed by atoms with Crippen LogP contribution in [-0.4, -0.2) is 24.4 Å². The second kappa shape index (κ2) is 6.99. The minimum Gasteiger partial charge on any atom is -0.393 e. The van der Waals surface area contributed by atoms with Gasteiger partial charge < -0.3 is 9.84 Å². The Morgan fingerprint density at radius 3 is 2.80 bits per heavy atom. The normalized spacial score (nSPS) is 12.7. The van der Waals surface area contributed by atoms with Crippen LogP contribution in [-0.2, 0) is 11.2 Å². The van der Waals surface area contributed by atoms with Gasteiger partial charge in [-0.3, -0.25) is 0 Å². The third-order valence-electron chi connectivity index (χ3n) is 2.21. The van der Waals surface area contributed by atoms with Gasteiger partial charge in [0.05, 0.1) is 6.10 Å². The highest BCUT2D eigenvalue weighted by Gasteiger charge is 2.07. The van der Waals surface area contributed by atoms with Crippen molar-refractivity contribution in [1.29, 1.82) is 0 Å². The molecule has 1 N–H and O–H groups in total. The molecule has 0 bridgehead atoms. The predicted octanol–water partition coefficient (Wildman–Crippen LogP) is 2.78. The van der Waals surface area contributed by atoms with E-state index >= 15 is 0 Å². The Hall–Kier alpha value is -0.380. The quantitative estimate of drug-likeness (QED) is 0.807. The van der Waals surface area contributed by atoms with E-state index < -0.39 is 0 Å². The largest absolute Gasteiger partial charge is 0.393 e. The Balaban J connectivity index is 2.37. The molecule has 1 aromatic rings. The number of rotatable bonds is 6. The maximum Gasteiger partial charge on any atom is 0.0602 e. The second-order valence-electron chi connectivity index (χ2n) is 3.43. The minimum absolute atomic E-state index is 0.324. The molecule has 1 aromatic carbocycles. The van der Waals surface area contributed by atoms with Gasteiger partial charge in [0.15, 0.2) is 0 Å². The van der Waals surface area contributed by atoms with Crippen LogP contribution in [0.5, 0.6) is 0 Å². The average Bonchev–Trinajstić information content (AvgIpc) is 2.22. The molecule has 0 aliphatic carbocycles. The zero-order valence-electron chi connectivity index (χ0n) is 8.95. The molecule has 0 aliphatic heterocycles. The molecule has 0 aromatic heterocycles. The molecular weight excluding hydrogens is 256 g/mol. The third kappa shape index (κ3) is 4.78. The molecule has 0 saturated carbocycles. The van der Waals surface area contributed by atoms with Gasteiger partial charge in [-0.2, -0.15) is 0 Å². The molecule has 3 heteroatoms. The van der Waals surface area contributed by atoms with E-state index in [1.807, 2.05) is 31.2 Å². The highest BCUT2D eigenvalue weighted by Crippen LogP contribution is 2.18. The van der Waals surface area contributed by atoms with Crippen molar-refractivity contribution in [2.45, 2.75) is 25.9 Å². The molecule has 0 amide bonds. The van der Waals surface area contributed by atoms with Crippen LogP contribution in [0.15, 0.2) is 28.7 Å². The van der Waals surface area contributed by atoms with E-state index in [0.29, 0.717) is 26.1 Å². The van der Waals surface area contributed by atoms with Crippen molar-refractivity contribution in [3.63, 3.8) is 0 Å². The first-order valence-electron chi connectivity index (χ1n) is 5.23. The van der Waals surface area contributed by atoms with Gasteiger partial charge in [0, 0.05) is 17.7 Å². The zero-order valence-corrected chi connectivity index (χ0v) is 10.5. The van der Waals surface area contributed by atoms with E-state index in [1.165, 1.54) is 0 Å². The lowest BCUT2D eigenvalue weighted by molar-refractivity contribution is 0.0886. The summed E-state index contributed by atoms with van der Waals surface area (Å²) in [5.41, 5.74) is 1.14. The number of ether oxygens (including phenoxy) is 1. The summed E-state index contributed by atoms with van der Waals surface area (Å²) < 4.78 is 6.26. The highest BCUT2D eigenvalue weighted by atomic mass is 79.9. The molecule has 0 saturated heterocycles. The Morgan fingerprint density at radius 1 is 1.40 bits per heavy atom. The molecule has 0 heterocycles. The maximum atomic E-state index is 9.75. The van der Waals surface area contributed by atoms with Crippen molar-refractivity contribution in [3.05, 3.63) is 34.3 Å². The van der Waals surface area contributed by atoms with Gasteiger partial charge >= 0.3 is 0 Å². The summed E-state index contributed by atoms with van der Waals surface area (Å²) in [7, 11) is 0. The van der Waals surface area contributed by atoms with E-state index in [4.69, 9.17) is 4.74 Å². The van der Waals surface area contributed by atoms with Crippen LogP contribution in [0.1, 0.15) is 18.9 Å². The highest BCUT2D eigenvalue weighted by molar-refractivity contribution is 9.10. The molecular formula is C12H17BrO2. The van der Waals surface area contributed by atoms with Crippen LogP contribution < -0.4 is 0 Å². The molecule has 84 valence electrons. The Bertz CT molecular complexity index is 289. The van der Waals surface area contributed by atoms with Gasteiger partial charge in [0.25, 0.3) is 0 Å². The SMILES string of the molecule is CCOCCC(O)Cc1ccccc1Br. The number of hydrogen-bond acceptors (Lipinski definition) is 2. The first-order valence-corrected chi connectivity index (χ1v) is 6.02. The fourth-order valence-electron chi connectivity index (χ4n) is 1.38. The summed E-state index contributed by atoms with van der Waals surface area (Å²) in [6.45, 7) is 3.30. The number of hydrogen-bond donors (Lipinski definition) is 1. The molecule has 2 nitrogen and oxygen atoms in total.